The molecule has 1 aromatic rings. The highest BCUT2D eigenvalue weighted by Gasteiger charge is 2.00. The second-order valence-electron chi connectivity index (χ2n) is 2.79. The van der Waals surface area contributed by atoms with Gasteiger partial charge in [-0.15, -0.1) is 0 Å². The van der Waals surface area contributed by atoms with E-state index in [-0.39, 0.29) is 0 Å². The normalized spacial score (nSPS) is 12.3. The maximum Gasteiger partial charge on any atom is 0.0745 e. The minimum absolute atomic E-state index is 0.947. The third kappa shape index (κ3) is 2.18. The van der Waals surface area contributed by atoms with Crippen molar-refractivity contribution in [1.82, 2.24) is 4.98 Å². The summed E-state index contributed by atoms with van der Waals surface area (Å²) in [7, 11) is 0. The van der Waals surface area contributed by atoms with Crippen LogP contribution < -0.4 is 5.73 Å². The van der Waals surface area contributed by atoms with Gasteiger partial charge in [-0.1, -0.05) is 18.2 Å². The quantitative estimate of drug-likeness (QED) is 0.698. The van der Waals surface area contributed by atoms with Crippen molar-refractivity contribution in [2.24, 2.45) is 5.73 Å². The Morgan fingerprint density at radius 1 is 1.54 bits per heavy atom. The molecule has 0 saturated carbocycles. The van der Waals surface area contributed by atoms with Crippen LogP contribution in [0.25, 0.3) is 5.57 Å². The van der Waals surface area contributed by atoms with E-state index in [1.807, 2.05) is 38.1 Å². The predicted molar refractivity (Wildman–Crippen MR) is 56.0 cm³/mol. The van der Waals surface area contributed by atoms with Crippen molar-refractivity contribution in [3.05, 3.63) is 47.9 Å². The molecule has 0 atom stereocenters. The first-order chi connectivity index (χ1) is 6.29. The number of hydrogen-bond acceptors (Lipinski definition) is 2. The van der Waals surface area contributed by atoms with E-state index in [2.05, 4.69) is 4.98 Å². The molecular formula is C11H14N2. The van der Waals surface area contributed by atoms with E-state index in [9.17, 15) is 0 Å². The highest BCUT2D eigenvalue weighted by atomic mass is 14.7. The molecule has 0 amide bonds. The lowest BCUT2D eigenvalue weighted by Crippen LogP contribution is -1.93. The smallest absolute Gasteiger partial charge is 0.0745 e. The van der Waals surface area contributed by atoms with E-state index >= 15 is 0 Å². The SMILES string of the molecule is C/C=C\C(=C/N)c1ncccc1C. The second kappa shape index (κ2) is 4.45. The summed E-state index contributed by atoms with van der Waals surface area (Å²) in [4.78, 5) is 4.27. The topological polar surface area (TPSA) is 38.9 Å². The van der Waals surface area contributed by atoms with E-state index in [1.165, 1.54) is 0 Å². The van der Waals surface area contributed by atoms with Gasteiger partial charge in [0.2, 0.25) is 0 Å². The Bertz CT molecular complexity index is 338. The number of nitrogens with zero attached hydrogens (tertiary/aromatic N) is 1. The van der Waals surface area contributed by atoms with E-state index < -0.39 is 0 Å². The van der Waals surface area contributed by atoms with Crippen LogP contribution in [0.2, 0.25) is 0 Å². The van der Waals surface area contributed by atoms with Gasteiger partial charge in [0.1, 0.15) is 0 Å². The molecule has 0 saturated heterocycles. The molecule has 2 nitrogen and oxygen atoms in total. The van der Waals surface area contributed by atoms with Crippen molar-refractivity contribution < 1.29 is 0 Å². The molecule has 2 heteroatoms. The minimum Gasteiger partial charge on any atom is -0.404 e. The zero-order valence-corrected chi connectivity index (χ0v) is 7.99. The molecule has 0 unspecified atom stereocenters. The molecule has 1 heterocycles. The van der Waals surface area contributed by atoms with E-state index in [0.717, 1.165) is 16.8 Å². The molecule has 0 aromatic carbocycles. The second-order valence-corrected chi connectivity index (χ2v) is 2.79. The Kier molecular flexibility index (Phi) is 3.26. The molecular weight excluding hydrogens is 160 g/mol. The van der Waals surface area contributed by atoms with Crippen molar-refractivity contribution in [1.29, 1.82) is 0 Å². The highest BCUT2D eigenvalue weighted by Crippen LogP contribution is 2.15. The number of allylic oxidation sites excluding steroid dienone is 3. The molecule has 0 aliphatic carbocycles. The molecule has 2 N–H and O–H groups in total. The lowest BCUT2D eigenvalue weighted by atomic mass is 10.1. The van der Waals surface area contributed by atoms with Gasteiger partial charge >= 0.3 is 0 Å². The van der Waals surface area contributed by atoms with Gasteiger partial charge in [0.25, 0.3) is 0 Å². The predicted octanol–water partition coefficient (Wildman–Crippen LogP) is 2.27. The van der Waals surface area contributed by atoms with Gasteiger partial charge in [-0.3, -0.25) is 4.98 Å². The van der Waals surface area contributed by atoms with Crippen LogP contribution in [0, 0.1) is 6.92 Å². The zero-order chi connectivity index (χ0) is 9.68. The van der Waals surface area contributed by atoms with E-state index in [0.29, 0.717) is 0 Å². The number of nitrogens with two attached hydrogens (primary N) is 1. The van der Waals surface area contributed by atoms with Crippen LogP contribution in [-0.4, -0.2) is 4.98 Å². The maximum absolute atomic E-state index is 5.51. The summed E-state index contributed by atoms with van der Waals surface area (Å²) in [6.45, 7) is 3.98. The Hall–Kier alpha value is -1.57. The Labute approximate surface area is 78.8 Å². The van der Waals surface area contributed by atoms with Crippen molar-refractivity contribution >= 4 is 5.57 Å². The van der Waals surface area contributed by atoms with Gasteiger partial charge in [-0.05, 0) is 25.5 Å². The first kappa shape index (κ1) is 9.52. The van der Waals surface area contributed by atoms with Crippen LogP contribution in [-0.2, 0) is 0 Å². The molecule has 0 radical (unpaired) electrons. The number of hydrogen-bond donors (Lipinski definition) is 1. The van der Waals surface area contributed by atoms with Crippen molar-refractivity contribution in [3.8, 4) is 0 Å². The first-order valence-electron chi connectivity index (χ1n) is 4.26. The van der Waals surface area contributed by atoms with Gasteiger partial charge in [-0.2, -0.15) is 0 Å². The number of rotatable bonds is 2. The summed E-state index contributed by atoms with van der Waals surface area (Å²) in [5.41, 5.74) is 8.55. The van der Waals surface area contributed by atoms with Crippen LogP contribution in [0.1, 0.15) is 18.2 Å². The molecule has 1 rings (SSSR count). The fourth-order valence-electron chi connectivity index (χ4n) is 1.18. The standard InChI is InChI=1S/C11H14N2/c1-3-5-10(8-12)11-9(2)6-4-7-13-11/h3-8H,12H2,1-2H3/b5-3-,10-8+. The molecule has 0 aliphatic heterocycles. The Morgan fingerprint density at radius 2 is 2.31 bits per heavy atom. The van der Waals surface area contributed by atoms with Gasteiger partial charge in [-0.25, -0.2) is 0 Å². The zero-order valence-electron chi connectivity index (χ0n) is 7.99. The van der Waals surface area contributed by atoms with Crippen LogP contribution in [0.5, 0.6) is 0 Å². The van der Waals surface area contributed by atoms with Gasteiger partial charge in [0.05, 0.1) is 5.69 Å². The molecule has 13 heavy (non-hydrogen) atoms. The summed E-state index contributed by atoms with van der Waals surface area (Å²) in [6.07, 6.45) is 7.26. The fourth-order valence-corrected chi connectivity index (χ4v) is 1.18. The fraction of sp³-hybridized carbons (Fsp3) is 0.182. The summed E-state index contributed by atoms with van der Waals surface area (Å²) in [5, 5.41) is 0. The van der Waals surface area contributed by atoms with Gasteiger partial charge in [0.15, 0.2) is 0 Å². The first-order valence-corrected chi connectivity index (χ1v) is 4.26. The Balaban J connectivity index is 3.13. The summed E-state index contributed by atoms with van der Waals surface area (Å²) in [6, 6.07) is 3.94. The van der Waals surface area contributed by atoms with Crippen molar-refractivity contribution in [3.63, 3.8) is 0 Å². The summed E-state index contributed by atoms with van der Waals surface area (Å²) < 4.78 is 0. The molecule has 1 aromatic heterocycles. The van der Waals surface area contributed by atoms with E-state index in [4.69, 9.17) is 5.73 Å². The highest BCUT2D eigenvalue weighted by molar-refractivity contribution is 5.72. The lowest BCUT2D eigenvalue weighted by molar-refractivity contribution is 1.22. The third-order valence-corrected chi connectivity index (χ3v) is 1.81. The average Bonchev–Trinajstić information content (AvgIpc) is 2.16. The van der Waals surface area contributed by atoms with Crippen molar-refractivity contribution in [2.45, 2.75) is 13.8 Å². The lowest BCUT2D eigenvalue weighted by Gasteiger charge is -2.03. The Morgan fingerprint density at radius 3 is 2.85 bits per heavy atom. The monoisotopic (exact) mass is 174 g/mol. The van der Waals surface area contributed by atoms with Crippen LogP contribution in [0.4, 0.5) is 0 Å². The molecule has 0 spiro atoms. The van der Waals surface area contributed by atoms with Gasteiger partial charge in [0, 0.05) is 18.0 Å². The van der Waals surface area contributed by atoms with Crippen LogP contribution in [0.3, 0.4) is 0 Å². The van der Waals surface area contributed by atoms with Crippen LogP contribution in [0.15, 0.2) is 36.7 Å². The molecule has 0 aliphatic rings. The van der Waals surface area contributed by atoms with Gasteiger partial charge < -0.3 is 5.73 Å². The summed E-state index contributed by atoms with van der Waals surface area (Å²) >= 11 is 0. The average molecular weight is 174 g/mol. The van der Waals surface area contributed by atoms with Crippen molar-refractivity contribution in [2.75, 3.05) is 0 Å². The molecule has 0 bridgehead atoms. The molecule has 68 valence electrons. The number of pyridine rings is 1. The number of aromatic nitrogens is 1. The number of aryl methyl sites for hydroxylation is 1. The summed E-state index contributed by atoms with van der Waals surface area (Å²) in [5.74, 6) is 0. The van der Waals surface area contributed by atoms with E-state index in [1.54, 1.807) is 12.4 Å². The molecule has 0 fully saturated rings. The van der Waals surface area contributed by atoms with Crippen LogP contribution >= 0.6 is 0 Å². The minimum atomic E-state index is 0.947. The maximum atomic E-state index is 5.51. The third-order valence-electron chi connectivity index (χ3n) is 1.81. The largest absolute Gasteiger partial charge is 0.404 e.